The number of benzene rings is 3. The molecule has 9 heteroatoms. The number of carboxylic acids is 1. The van der Waals surface area contributed by atoms with Crippen molar-refractivity contribution in [1.29, 1.82) is 0 Å². The molecule has 2 amide bonds. The molecule has 0 spiro atoms. The van der Waals surface area contributed by atoms with Gasteiger partial charge in [-0.25, -0.2) is 9.18 Å². The van der Waals surface area contributed by atoms with Crippen molar-refractivity contribution in [2.75, 3.05) is 11.9 Å². The Morgan fingerprint density at radius 3 is 2.67 bits per heavy atom. The highest BCUT2D eigenvalue weighted by Crippen LogP contribution is 2.39. The number of hydrogen-bond acceptors (Lipinski definition) is 3. The molecule has 0 aliphatic carbocycles. The molecule has 2 N–H and O–H groups in total. The van der Waals surface area contributed by atoms with Crippen LogP contribution in [0.15, 0.2) is 65.1 Å². The number of nitrogens with one attached hydrogen (secondary N) is 1. The number of carbonyl (C=O) groups excluding carboxylic acids is 2. The Bertz CT molecular complexity index is 1560. The molecule has 3 aromatic rings. The van der Waals surface area contributed by atoms with Crippen LogP contribution in [0.4, 0.5) is 10.1 Å². The van der Waals surface area contributed by atoms with Gasteiger partial charge in [0.1, 0.15) is 5.82 Å². The first kappa shape index (κ1) is 28.1. The zero-order chi connectivity index (χ0) is 28.6. The van der Waals surface area contributed by atoms with Crippen LogP contribution in [-0.4, -0.2) is 34.3 Å². The van der Waals surface area contributed by atoms with Gasteiger partial charge in [-0.2, -0.15) is 0 Å². The average Bonchev–Trinajstić information content (AvgIpc) is 2.93. The Morgan fingerprint density at radius 2 is 1.93 bits per heavy atom. The van der Waals surface area contributed by atoms with Gasteiger partial charge in [0.25, 0.3) is 0 Å². The SMILES string of the molecule is C[C@@H]1CCC[C@H](N2CC=C(c3c(Br)ccc(Cl)c3F)CC2=O)c2cccc(c2)-c2cc(C(=O)O)ccc2NC1=O. The van der Waals surface area contributed by atoms with Crippen LogP contribution in [0.3, 0.4) is 0 Å². The molecule has 0 radical (unpaired) electrons. The van der Waals surface area contributed by atoms with Gasteiger partial charge in [0.15, 0.2) is 0 Å². The molecule has 3 aromatic carbocycles. The molecule has 2 atom stereocenters. The van der Waals surface area contributed by atoms with Gasteiger partial charge >= 0.3 is 5.97 Å². The van der Waals surface area contributed by atoms with Crippen molar-refractivity contribution in [3.05, 3.63) is 92.7 Å². The van der Waals surface area contributed by atoms with E-state index in [9.17, 15) is 23.9 Å². The molecule has 6 nitrogen and oxygen atoms in total. The lowest BCUT2D eigenvalue weighted by Gasteiger charge is -2.35. The number of carbonyl (C=O) groups is 3. The summed E-state index contributed by atoms with van der Waals surface area (Å²) in [5, 5.41) is 12.6. The lowest BCUT2D eigenvalue weighted by Crippen LogP contribution is -2.38. The van der Waals surface area contributed by atoms with E-state index in [-0.39, 0.29) is 47.3 Å². The third kappa shape index (κ3) is 5.56. The molecule has 2 aliphatic heterocycles. The highest BCUT2D eigenvalue weighted by Gasteiger charge is 2.31. The molecule has 2 heterocycles. The number of nitrogens with zero attached hydrogens (tertiary/aromatic N) is 1. The second-order valence-corrected chi connectivity index (χ2v) is 11.5. The van der Waals surface area contributed by atoms with Gasteiger partial charge in [0, 0.05) is 33.7 Å². The van der Waals surface area contributed by atoms with E-state index in [1.54, 1.807) is 23.1 Å². The second kappa shape index (κ2) is 11.6. The zero-order valence-corrected chi connectivity index (χ0v) is 24.1. The van der Waals surface area contributed by atoms with Crippen LogP contribution in [0.2, 0.25) is 5.02 Å². The van der Waals surface area contributed by atoms with Crippen molar-refractivity contribution in [1.82, 2.24) is 4.90 Å². The standard InChI is InChI=1S/C31H27BrClFN2O4/c1-17-4-2-7-26(36-13-12-20(16-27(36)37)28-23(32)9-10-24(33)29(28)34)19-6-3-5-18(14-19)22-15-21(31(39)40)8-11-25(22)35-30(17)38/h3,5-6,8-12,14-15,17,26H,2,4,7,13,16H2,1H3,(H,35,38)(H,39,40)/t17-,26+/m1/s1. The van der Waals surface area contributed by atoms with Gasteiger partial charge in [0.05, 0.1) is 23.0 Å². The maximum atomic E-state index is 14.9. The molecule has 0 aromatic heterocycles. The summed E-state index contributed by atoms with van der Waals surface area (Å²) >= 11 is 9.41. The molecule has 0 fully saturated rings. The van der Waals surface area contributed by atoms with Gasteiger partial charge in [-0.05, 0) is 65.9 Å². The van der Waals surface area contributed by atoms with Gasteiger partial charge in [0.2, 0.25) is 11.8 Å². The van der Waals surface area contributed by atoms with E-state index < -0.39 is 11.8 Å². The number of fused-ring (bicyclic) bond motifs is 4. The summed E-state index contributed by atoms with van der Waals surface area (Å²) in [6.45, 7) is 2.15. The van der Waals surface area contributed by atoms with Crippen LogP contribution >= 0.6 is 27.5 Å². The molecule has 40 heavy (non-hydrogen) atoms. The molecule has 2 aliphatic rings. The highest BCUT2D eigenvalue weighted by molar-refractivity contribution is 9.10. The second-order valence-electron chi connectivity index (χ2n) is 10.2. The summed E-state index contributed by atoms with van der Waals surface area (Å²) in [6.07, 6.45) is 3.85. The van der Waals surface area contributed by atoms with E-state index in [1.165, 1.54) is 12.1 Å². The molecule has 0 saturated carbocycles. The van der Waals surface area contributed by atoms with Crippen LogP contribution < -0.4 is 5.32 Å². The minimum absolute atomic E-state index is 0.00500. The first-order valence-electron chi connectivity index (χ1n) is 13.0. The number of amides is 2. The lowest BCUT2D eigenvalue weighted by atomic mass is 9.90. The van der Waals surface area contributed by atoms with E-state index >= 15 is 0 Å². The van der Waals surface area contributed by atoms with Crippen LogP contribution in [0, 0.1) is 11.7 Å². The van der Waals surface area contributed by atoms with E-state index in [0.717, 1.165) is 11.1 Å². The van der Waals surface area contributed by atoms with Crippen molar-refractivity contribution in [3.63, 3.8) is 0 Å². The molecule has 0 saturated heterocycles. The Kier molecular flexibility index (Phi) is 8.10. The molecule has 5 rings (SSSR count). The predicted octanol–water partition coefficient (Wildman–Crippen LogP) is 7.72. The van der Waals surface area contributed by atoms with E-state index in [4.69, 9.17) is 11.6 Å². The molecular formula is C31H27BrClFN2O4. The normalized spacial score (nSPS) is 19.6. The number of rotatable bonds is 3. The molecular weight excluding hydrogens is 599 g/mol. The third-order valence-electron chi connectivity index (χ3n) is 7.61. The quantitative estimate of drug-likeness (QED) is 0.292. The predicted molar refractivity (Wildman–Crippen MR) is 157 cm³/mol. The van der Waals surface area contributed by atoms with E-state index in [0.29, 0.717) is 46.1 Å². The zero-order valence-electron chi connectivity index (χ0n) is 21.7. The maximum Gasteiger partial charge on any atom is 0.335 e. The van der Waals surface area contributed by atoms with E-state index in [2.05, 4.69) is 21.2 Å². The Morgan fingerprint density at radius 1 is 1.12 bits per heavy atom. The van der Waals surface area contributed by atoms with Crippen molar-refractivity contribution >= 4 is 56.6 Å². The molecule has 0 unspecified atom stereocenters. The first-order chi connectivity index (χ1) is 19.1. The summed E-state index contributed by atoms with van der Waals surface area (Å²) in [6, 6.07) is 15.2. The Balaban J connectivity index is 1.55. The average molecular weight is 626 g/mol. The van der Waals surface area contributed by atoms with Gasteiger partial charge < -0.3 is 15.3 Å². The van der Waals surface area contributed by atoms with E-state index in [1.807, 2.05) is 37.3 Å². The summed E-state index contributed by atoms with van der Waals surface area (Å²) < 4.78 is 15.4. The number of aromatic carboxylic acids is 1. The summed E-state index contributed by atoms with van der Waals surface area (Å²) in [5.74, 6) is -2.18. The van der Waals surface area contributed by atoms with Crippen molar-refractivity contribution in [2.24, 2.45) is 5.92 Å². The van der Waals surface area contributed by atoms with Crippen LogP contribution in [0.5, 0.6) is 0 Å². The van der Waals surface area contributed by atoms with Gasteiger partial charge in [-0.1, -0.05) is 65.2 Å². The van der Waals surface area contributed by atoms with Crippen molar-refractivity contribution in [2.45, 2.75) is 38.6 Å². The minimum Gasteiger partial charge on any atom is -0.478 e. The van der Waals surface area contributed by atoms with Crippen LogP contribution in [-0.2, 0) is 9.59 Å². The molecule has 206 valence electrons. The number of halogens is 3. The number of carboxylic acid groups (broad SMARTS) is 1. The largest absolute Gasteiger partial charge is 0.478 e. The van der Waals surface area contributed by atoms with Crippen LogP contribution in [0.25, 0.3) is 16.7 Å². The summed E-state index contributed by atoms with van der Waals surface area (Å²) in [7, 11) is 0. The summed E-state index contributed by atoms with van der Waals surface area (Å²) in [4.78, 5) is 40.1. The monoisotopic (exact) mass is 624 g/mol. The fraction of sp³-hybridized carbons (Fsp3) is 0.258. The fourth-order valence-electron chi connectivity index (χ4n) is 5.41. The fourth-order valence-corrected chi connectivity index (χ4v) is 6.12. The van der Waals surface area contributed by atoms with Gasteiger partial charge in [-0.3, -0.25) is 9.59 Å². The highest BCUT2D eigenvalue weighted by atomic mass is 79.9. The maximum absolute atomic E-state index is 14.9. The van der Waals surface area contributed by atoms with Crippen molar-refractivity contribution in [3.8, 4) is 11.1 Å². The topological polar surface area (TPSA) is 86.7 Å². The van der Waals surface area contributed by atoms with Crippen LogP contribution in [0.1, 0.15) is 60.1 Å². The van der Waals surface area contributed by atoms with Gasteiger partial charge in [-0.15, -0.1) is 0 Å². The Hall–Kier alpha value is -3.49. The number of anilines is 1. The lowest BCUT2D eigenvalue weighted by molar-refractivity contribution is -0.132. The minimum atomic E-state index is -1.06. The Labute approximate surface area is 245 Å². The number of hydrogen-bond donors (Lipinski definition) is 2. The summed E-state index contributed by atoms with van der Waals surface area (Å²) in [5.41, 5.74) is 3.76. The first-order valence-corrected chi connectivity index (χ1v) is 14.2. The smallest absolute Gasteiger partial charge is 0.335 e. The van der Waals surface area contributed by atoms with Crippen molar-refractivity contribution < 1.29 is 23.9 Å². The third-order valence-corrected chi connectivity index (χ3v) is 8.56. The molecule has 2 bridgehead atoms.